The molecule has 120 valence electrons. The first-order valence-electron chi connectivity index (χ1n) is 7.19. The fraction of sp³-hybridized carbons (Fsp3) is 0.222. The van der Waals surface area contributed by atoms with Crippen LogP contribution in [0.4, 0.5) is 0 Å². The monoisotopic (exact) mass is 313 g/mol. The molecule has 2 aromatic carbocycles. The largest absolute Gasteiger partial charge is 0.484 e. The molecule has 0 unspecified atom stereocenters. The van der Waals surface area contributed by atoms with Crippen molar-refractivity contribution in [2.24, 2.45) is 0 Å². The third kappa shape index (κ3) is 4.85. The Morgan fingerprint density at radius 3 is 2.26 bits per heavy atom. The van der Waals surface area contributed by atoms with Gasteiger partial charge in [0.1, 0.15) is 5.75 Å². The van der Waals surface area contributed by atoms with Crippen LogP contribution in [-0.4, -0.2) is 37.5 Å². The molecule has 0 N–H and O–H groups in total. The summed E-state index contributed by atoms with van der Waals surface area (Å²) in [6.45, 7) is 0.477. The molecule has 5 nitrogen and oxygen atoms in total. The predicted molar refractivity (Wildman–Crippen MR) is 86.2 cm³/mol. The molecule has 0 aliphatic heterocycles. The fourth-order valence-corrected chi connectivity index (χ4v) is 2.01. The highest BCUT2D eigenvalue weighted by atomic mass is 16.5. The van der Waals surface area contributed by atoms with Crippen molar-refractivity contribution in [3.05, 3.63) is 65.7 Å². The molecular formula is C18H19NO4. The molecule has 5 heteroatoms. The first-order valence-corrected chi connectivity index (χ1v) is 7.19. The maximum absolute atomic E-state index is 12.1. The van der Waals surface area contributed by atoms with Gasteiger partial charge in [-0.15, -0.1) is 0 Å². The molecular weight excluding hydrogens is 294 g/mol. The number of amides is 1. The molecule has 2 aromatic rings. The minimum atomic E-state index is -0.407. The van der Waals surface area contributed by atoms with Gasteiger partial charge >= 0.3 is 5.97 Å². The molecule has 1 amide bonds. The van der Waals surface area contributed by atoms with Gasteiger partial charge in [-0.3, -0.25) is 4.79 Å². The van der Waals surface area contributed by atoms with Gasteiger partial charge in [0.2, 0.25) is 0 Å². The second-order valence-electron chi connectivity index (χ2n) is 5.04. The molecule has 23 heavy (non-hydrogen) atoms. The summed E-state index contributed by atoms with van der Waals surface area (Å²) in [6.07, 6.45) is 0. The first-order chi connectivity index (χ1) is 11.1. The van der Waals surface area contributed by atoms with Crippen LogP contribution in [0.2, 0.25) is 0 Å². The zero-order chi connectivity index (χ0) is 16.7. The van der Waals surface area contributed by atoms with Crippen molar-refractivity contribution < 1.29 is 19.1 Å². The highest BCUT2D eigenvalue weighted by Crippen LogP contribution is 2.13. The van der Waals surface area contributed by atoms with Crippen molar-refractivity contribution in [3.63, 3.8) is 0 Å². The fourth-order valence-electron chi connectivity index (χ4n) is 2.01. The zero-order valence-electron chi connectivity index (χ0n) is 13.2. The Balaban J connectivity index is 1.85. The Bertz CT molecular complexity index is 652. The Labute approximate surface area is 135 Å². The number of carbonyl (C=O) groups is 2. The normalized spacial score (nSPS) is 10.0. The maximum atomic E-state index is 12.1. The Morgan fingerprint density at radius 2 is 1.65 bits per heavy atom. The lowest BCUT2D eigenvalue weighted by molar-refractivity contribution is -0.132. The van der Waals surface area contributed by atoms with E-state index >= 15 is 0 Å². The molecule has 0 aliphatic rings. The molecule has 0 spiro atoms. The number of hydrogen-bond donors (Lipinski definition) is 0. The molecule has 2 rings (SSSR count). The second kappa shape index (κ2) is 7.98. The van der Waals surface area contributed by atoms with Gasteiger partial charge in [-0.2, -0.15) is 0 Å². The van der Waals surface area contributed by atoms with E-state index in [0.717, 1.165) is 5.56 Å². The summed E-state index contributed by atoms with van der Waals surface area (Å²) in [5.41, 5.74) is 1.50. The Kier molecular flexibility index (Phi) is 5.74. The molecule has 0 aliphatic carbocycles. The van der Waals surface area contributed by atoms with Crippen molar-refractivity contribution in [1.29, 1.82) is 0 Å². The summed E-state index contributed by atoms with van der Waals surface area (Å²) in [5, 5.41) is 0. The molecule has 0 aromatic heterocycles. The summed E-state index contributed by atoms with van der Waals surface area (Å²) in [4.78, 5) is 25.0. The molecule has 0 fully saturated rings. The lowest BCUT2D eigenvalue weighted by Crippen LogP contribution is -2.30. The minimum absolute atomic E-state index is 0.0547. The smallest absolute Gasteiger partial charge is 0.337 e. The zero-order valence-corrected chi connectivity index (χ0v) is 13.2. The van der Waals surface area contributed by atoms with Gasteiger partial charge in [-0.25, -0.2) is 4.79 Å². The highest BCUT2D eigenvalue weighted by Gasteiger charge is 2.11. The van der Waals surface area contributed by atoms with E-state index in [1.165, 1.54) is 7.11 Å². The predicted octanol–water partition coefficient (Wildman–Crippen LogP) is 2.51. The van der Waals surface area contributed by atoms with Crippen LogP contribution in [0.1, 0.15) is 15.9 Å². The number of rotatable bonds is 6. The van der Waals surface area contributed by atoms with Gasteiger partial charge in [-0.1, -0.05) is 30.3 Å². The second-order valence-corrected chi connectivity index (χ2v) is 5.04. The third-order valence-electron chi connectivity index (χ3n) is 3.33. The topological polar surface area (TPSA) is 55.8 Å². The van der Waals surface area contributed by atoms with E-state index < -0.39 is 5.97 Å². The number of likely N-dealkylation sites (N-methyl/N-ethyl adjacent to an activating group) is 1. The van der Waals surface area contributed by atoms with Crippen LogP contribution >= 0.6 is 0 Å². The van der Waals surface area contributed by atoms with Crippen molar-refractivity contribution in [3.8, 4) is 5.75 Å². The summed E-state index contributed by atoms with van der Waals surface area (Å²) in [7, 11) is 3.06. The first kappa shape index (κ1) is 16.5. The molecule has 0 heterocycles. The number of nitrogens with zero attached hydrogens (tertiary/aromatic N) is 1. The van der Waals surface area contributed by atoms with Crippen LogP contribution in [0.25, 0.3) is 0 Å². The number of carbonyl (C=O) groups excluding carboxylic acids is 2. The van der Waals surface area contributed by atoms with Crippen LogP contribution < -0.4 is 4.74 Å². The minimum Gasteiger partial charge on any atom is -0.484 e. The van der Waals surface area contributed by atoms with Crippen LogP contribution in [0.15, 0.2) is 54.6 Å². The van der Waals surface area contributed by atoms with Crippen LogP contribution in [-0.2, 0) is 16.1 Å². The summed E-state index contributed by atoms with van der Waals surface area (Å²) < 4.78 is 10.1. The van der Waals surface area contributed by atoms with Crippen molar-refractivity contribution in [2.45, 2.75) is 6.54 Å². The number of esters is 1. The van der Waals surface area contributed by atoms with Crippen molar-refractivity contribution in [2.75, 3.05) is 20.8 Å². The van der Waals surface area contributed by atoms with Crippen LogP contribution in [0, 0.1) is 0 Å². The number of ether oxygens (including phenoxy) is 2. The third-order valence-corrected chi connectivity index (χ3v) is 3.33. The van der Waals surface area contributed by atoms with Gasteiger partial charge in [0.15, 0.2) is 6.61 Å². The number of hydrogen-bond acceptors (Lipinski definition) is 4. The lowest BCUT2D eigenvalue weighted by atomic mass is 10.2. The van der Waals surface area contributed by atoms with E-state index in [9.17, 15) is 9.59 Å². The van der Waals surface area contributed by atoms with Crippen molar-refractivity contribution in [1.82, 2.24) is 4.90 Å². The average Bonchev–Trinajstić information content (AvgIpc) is 2.60. The average molecular weight is 313 g/mol. The van der Waals surface area contributed by atoms with E-state index in [0.29, 0.717) is 17.9 Å². The van der Waals surface area contributed by atoms with E-state index in [1.807, 2.05) is 30.3 Å². The molecule has 0 atom stereocenters. The Hall–Kier alpha value is -2.82. The van der Waals surface area contributed by atoms with E-state index in [-0.39, 0.29) is 12.5 Å². The maximum Gasteiger partial charge on any atom is 0.337 e. The number of methoxy groups -OCH3 is 1. The van der Waals surface area contributed by atoms with E-state index in [4.69, 9.17) is 4.74 Å². The Morgan fingerprint density at radius 1 is 1.00 bits per heavy atom. The quantitative estimate of drug-likeness (QED) is 0.769. The van der Waals surface area contributed by atoms with Gasteiger partial charge in [0.25, 0.3) is 5.91 Å². The molecule has 0 saturated heterocycles. The summed E-state index contributed by atoms with van der Waals surface area (Å²) in [6, 6.07) is 16.2. The van der Waals surface area contributed by atoms with Gasteiger partial charge < -0.3 is 14.4 Å². The van der Waals surface area contributed by atoms with Gasteiger partial charge in [0.05, 0.1) is 12.7 Å². The summed E-state index contributed by atoms with van der Waals surface area (Å²) >= 11 is 0. The van der Waals surface area contributed by atoms with E-state index in [1.54, 1.807) is 36.2 Å². The van der Waals surface area contributed by atoms with Gasteiger partial charge in [-0.05, 0) is 29.8 Å². The van der Waals surface area contributed by atoms with E-state index in [2.05, 4.69) is 4.74 Å². The lowest BCUT2D eigenvalue weighted by Gasteiger charge is -2.17. The molecule has 0 saturated carbocycles. The van der Waals surface area contributed by atoms with Crippen LogP contribution in [0.3, 0.4) is 0 Å². The molecule has 0 radical (unpaired) electrons. The van der Waals surface area contributed by atoms with Gasteiger partial charge in [0, 0.05) is 13.6 Å². The van der Waals surface area contributed by atoms with Crippen molar-refractivity contribution >= 4 is 11.9 Å². The number of benzene rings is 2. The highest BCUT2D eigenvalue weighted by molar-refractivity contribution is 5.89. The molecule has 0 bridgehead atoms. The SMILES string of the molecule is COC(=O)c1ccc(OCC(=O)N(C)Cc2ccccc2)cc1. The van der Waals surface area contributed by atoms with Crippen LogP contribution in [0.5, 0.6) is 5.75 Å². The summed E-state index contributed by atoms with van der Waals surface area (Å²) in [5.74, 6) is 0.000215. The standard InChI is InChI=1S/C18H19NO4/c1-19(12-14-6-4-3-5-7-14)17(20)13-23-16-10-8-15(9-11-16)18(21)22-2/h3-11H,12-13H2,1-2H3.